The molecule has 12 heteroatoms. The van der Waals surface area contributed by atoms with E-state index in [1.165, 1.54) is 26.4 Å². The number of nitrogens with zero attached hydrogens (tertiary/aromatic N) is 1. The first-order valence-electron chi connectivity index (χ1n) is 14.8. The van der Waals surface area contributed by atoms with E-state index in [0.29, 0.717) is 34.0 Å². The van der Waals surface area contributed by atoms with Gasteiger partial charge in [0.1, 0.15) is 5.75 Å². The molecular weight excluding hydrogens is 633 g/mol. The Morgan fingerprint density at radius 3 is 2.37 bits per heavy atom. The van der Waals surface area contributed by atoms with Gasteiger partial charge in [-0.15, -0.1) is 0 Å². The highest BCUT2D eigenvalue weighted by Crippen LogP contribution is 2.64. The summed E-state index contributed by atoms with van der Waals surface area (Å²) in [6, 6.07) is 16.6. The number of benzene rings is 3. The van der Waals surface area contributed by atoms with E-state index in [4.69, 9.17) is 32.7 Å². The van der Waals surface area contributed by atoms with Crippen LogP contribution in [0.25, 0.3) is 0 Å². The number of rotatable bonds is 6. The molecule has 236 valence electrons. The minimum Gasteiger partial charge on any atom is -0.504 e. The number of halogens is 2. The van der Waals surface area contributed by atoms with Crippen molar-refractivity contribution in [3.05, 3.63) is 93.5 Å². The number of carbonyl (C=O) groups excluding carboxylic acids is 4. The predicted octanol–water partition coefficient (Wildman–Crippen LogP) is 4.99. The second-order valence-electron chi connectivity index (χ2n) is 12.0. The molecule has 10 nitrogen and oxygen atoms in total. The van der Waals surface area contributed by atoms with Crippen molar-refractivity contribution in [2.24, 2.45) is 23.7 Å². The van der Waals surface area contributed by atoms with Crippen LogP contribution in [0.4, 0.5) is 5.69 Å². The number of imide groups is 2. The van der Waals surface area contributed by atoms with E-state index in [-0.39, 0.29) is 28.8 Å². The van der Waals surface area contributed by atoms with Crippen LogP contribution in [0, 0.1) is 23.7 Å². The van der Waals surface area contributed by atoms with E-state index in [9.17, 15) is 19.5 Å². The van der Waals surface area contributed by atoms with Crippen LogP contribution in [-0.4, -0.2) is 48.0 Å². The fourth-order valence-electron chi connectivity index (χ4n) is 8.02. The molecule has 6 atom stereocenters. The minimum atomic E-state index is -1.52. The number of hydrogen-bond donors (Lipinski definition) is 3. The highest BCUT2D eigenvalue weighted by Gasteiger charge is 2.70. The van der Waals surface area contributed by atoms with E-state index >= 15 is 4.79 Å². The standard InChI is InChI=1S/C34H29Cl2N3O7/c1-45-19-7-4-17(5-8-19)34-23(32(43)39(33(34)44)38-25-11-6-18(35)14-24(25)36)15-22-20(9-10-21-28(22)31(42)37-30(21)41)29(34)16-3-12-27(46-2)26(40)13-16/h3-9,11-14,21-23,28-29,38,40H,10,15H2,1-2H3,(H,37,41,42)/t21-,22+,23-,28-,29-,34+/m0/s1. The summed E-state index contributed by atoms with van der Waals surface area (Å²) >= 11 is 12.6. The summed E-state index contributed by atoms with van der Waals surface area (Å²) in [4.78, 5) is 55.7. The molecule has 2 aliphatic carbocycles. The third kappa shape index (κ3) is 4.30. The number of phenols is 1. The SMILES string of the molecule is COc1ccc([C@@]23C(=O)N(Nc4ccc(Cl)cc4Cl)C(=O)[C@@H]2C[C@@H]2C(=CC[C@@H]4C(=O)NC(=O)[C@@H]42)[C@@H]3c2ccc(OC)c(O)c2)cc1. The maximum absolute atomic E-state index is 15.1. The second-order valence-corrected chi connectivity index (χ2v) is 12.8. The van der Waals surface area contributed by atoms with Crippen molar-refractivity contribution in [3.63, 3.8) is 0 Å². The Bertz CT molecular complexity index is 1840. The topological polar surface area (TPSA) is 134 Å². The molecule has 4 aliphatic rings. The summed E-state index contributed by atoms with van der Waals surface area (Å²) in [7, 11) is 2.97. The van der Waals surface area contributed by atoms with Gasteiger partial charge >= 0.3 is 0 Å². The number of anilines is 1. The Balaban J connectivity index is 1.48. The summed E-state index contributed by atoms with van der Waals surface area (Å²) in [5, 5.41) is 15.0. The highest BCUT2D eigenvalue weighted by atomic mass is 35.5. The molecule has 0 bridgehead atoms. The second kappa shape index (κ2) is 11.1. The van der Waals surface area contributed by atoms with E-state index in [2.05, 4.69) is 10.7 Å². The van der Waals surface area contributed by atoms with Crippen LogP contribution < -0.4 is 20.2 Å². The number of nitrogens with one attached hydrogen (secondary N) is 2. The molecule has 0 unspecified atom stereocenters. The van der Waals surface area contributed by atoms with Crippen LogP contribution in [0.5, 0.6) is 17.2 Å². The molecule has 2 aliphatic heterocycles. The first-order valence-corrected chi connectivity index (χ1v) is 15.5. The lowest BCUT2D eigenvalue weighted by Crippen LogP contribution is -2.53. The number of hydrazine groups is 1. The zero-order valence-electron chi connectivity index (χ0n) is 24.8. The van der Waals surface area contributed by atoms with Crippen molar-refractivity contribution in [1.82, 2.24) is 10.3 Å². The van der Waals surface area contributed by atoms with Gasteiger partial charge in [0.25, 0.3) is 11.8 Å². The van der Waals surface area contributed by atoms with Crippen molar-refractivity contribution in [2.45, 2.75) is 24.2 Å². The first kappa shape index (κ1) is 30.1. The summed E-state index contributed by atoms with van der Waals surface area (Å²) in [5.41, 5.74) is 3.59. The fraction of sp³-hybridized carbons (Fsp3) is 0.294. The van der Waals surface area contributed by atoms with Crippen LogP contribution in [-0.2, 0) is 24.6 Å². The molecule has 4 amide bonds. The number of allylic oxidation sites excluding steroid dienone is 2. The molecule has 3 aromatic carbocycles. The number of amides is 4. The van der Waals surface area contributed by atoms with E-state index in [0.717, 1.165) is 10.6 Å². The van der Waals surface area contributed by atoms with Crippen molar-refractivity contribution in [3.8, 4) is 17.2 Å². The zero-order valence-corrected chi connectivity index (χ0v) is 26.3. The van der Waals surface area contributed by atoms with Crippen LogP contribution in [0.1, 0.15) is 29.9 Å². The van der Waals surface area contributed by atoms with Gasteiger partial charge in [-0.3, -0.25) is 29.9 Å². The number of hydrogen-bond acceptors (Lipinski definition) is 8. The van der Waals surface area contributed by atoms with Gasteiger partial charge in [-0.05, 0) is 72.4 Å². The average molecular weight is 663 g/mol. The predicted molar refractivity (Wildman–Crippen MR) is 168 cm³/mol. The summed E-state index contributed by atoms with van der Waals surface area (Å²) < 4.78 is 10.7. The normalized spacial score (nSPS) is 28.2. The monoisotopic (exact) mass is 661 g/mol. The van der Waals surface area contributed by atoms with E-state index < -0.39 is 52.7 Å². The molecular formula is C34H29Cl2N3O7. The van der Waals surface area contributed by atoms with Gasteiger partial charge < -0.3 is 14.6 Å². The Labute approximate surface area is 274 Å². The lowest BCUT2D eigenvalue weighted by atomic mass is 9.49. The van der Waals surface area contributed by atoms with Crippen molar-refractivity contribution in [1.29, 1.82) is 0 Å². The summed E-state index contributed by atoms with van der Waals surface area (Å²) in [6.45, 7) is 0. The van der Waals surface area contributed by atoms with Gasteiger partial charge in [-0.1, -0.05) is 53.1 Å². The van der Waals surface area contributed by atoms with Crippen molar-refractivity contribution < 1.29 is 33.8 Å². The third-order valence-corrected chi connectivity index (χ3v) is 10.5. The van der Waals surface area contributed by atoms with Crippen LogP contribution in [0.3, 0.4) is 0 Å². The first-order chi connectivity index (χ1) is 22.1. The molecule has 2 heterocycles. The molecule has 0 radical (unpaired) electrons. The molecule has 3 fully saturated rings. The third-order valence-electron chi connectivity index (χ3n) is 9.96. The summed E-state index contributed by atoms with van der Waals surface area (Å²) in [6.07, 6.45) is 2.36. The highest BCUT2D eigenvalue weighted by molar-refractivity contribution is 6.36. The molecule has 0 aromatic heterocycles. The van der Waals surface area contributed by atoms with Gasteiger partial charge in [-0.2, -0.15) is 5.01 Å². The molecule has 46 heavy (non-hydrogen) atoms. The Morgan fingerprint density at radius 2 is 1.70 bits per heavy atom. The number of ether oxygens (including phenoxy) is 2. The Kier molecular flexibility index (Phi) is 7.25. The number of carbonyl (C=O) groups is 4. The molecule has 3 aromatic rings. The zero-order chi connectivity index (χ0) is 32.5. The largest absolute Gasteiger partial charge is 0.504 e. The fourth-order valence-corrected chi connectivity index (χ4v) is 8.47. The smallest absolute Gasteiger partial charge is 0.260 e. The van der Waals surface area contributed by atoms with E-state index in [1.54, 1.807) is 48.5 Å². The maximum Gasteiger partial charge on any atom is 0.260 e. The van der Waals surface area contributed by atoms with Gasteiger partial charge in [0.15, 0.2) is 11.5 Å². The number of phenolic OH excluding ortho intramolecular Hbond substituents is 1. The van der Waals surface area contributed by atoms with Crippen molar-refractivity contribution in [2.75, 3.05) is 19.6 Å². The molecule has 1 saturated carbocycles. The van der Waals surface area contributed by atoms with Gasteiger partial charge in [-0.25, -0.2) is 0 Å². The number of methoxy groups -OCH3 is 2. The van der Waals surface area contributed by atoms with Crippen LogP contribution >= 0.6 is 23.2 Å². The minimum absolute atomic E-state index is 0.134. The van der Waals surface area contributed by atoms with E-state index in [1.807, 2.05) is 6.08 Å². The Hall–Kier alpha value is -4.54. The lowest BCUT2D eigenvalue weighted by molar-refractivity contribution is -0.138. The van der Waals surface area contributed by atoms with Gasteiger partial charge in [0.2, 0.25) is 11.8 Å². The molecule has 7 rings (SSSR count). The number of fused-ring (bicyclic) bond motifs is 4. The van der Waals surface area contributed by atoms with Gasteiger partial charge in [0, 0.05) is 10.9 Å². The van der Waals surface area contributed by atoms with Crippen molar-refractivity contribution >= 4 is 52.5 Å². The quantitative estimate of drug-likeness (QED) is 0.249. The van der Waals surface area contributed by atoms with Crippen LogP contribution in [0.2, 0.25) is 10.0 Å². The lowest BCUT2D eigenvalue weighted by Gasteiger charge is -2.50. The Morgan fingerprint density at radius 1 is 0.935 bits per heavy atom. The molecule has 0 spiro atoms. The van der Waals surface area contributed by atoms with Crippen LogP contribution in [0.15, 0.2) is 72.3 Å². The number of aromatic hydroxyl groups is 1. The average Bonchev–Trinajstić information content (AvgIpc) is 3.46. The van der Waals surface area contributed by atoms with Gasteiger partial charge in [0.05, 0.1) is 48.1 Å². The molecule has 3 N–H and O–H groups in total. The maximum atomic E-state index is 15.1. The molecule has 2 saturated heterocycles. The summed E-state index contributed by atoms with van der Waals surface area (Å²) in [5.74, 6) is -4.71.